The third kappa shape index (κ3) is 2.80. The first-order valence-corrected chi connectivity index (χ1v) is 7.71. The van der Waals surface area contributed by atoms with Gasteiger partial charge in [-0.05, 0) is 66.2 Å². The van der Waals surface area contributed by atoms with E-state index in [1.807, 2.05) is 19.2 Å². The lowest BCUT2D eigenvalue weighted by molar-refractivity contribution is 0.699. The van der Waals surface area contributed by atoms with Gasteiger partial charge in [0.2, 0.25) is 0 Å². The van der Waals surface area contributed by atoms with Crippen molar-refractivity contribution >= 4 is 38.9 Å². The van der Waals surface area contributed by atoms with Crippen molar-refractivity contribution in [2.75, 3.05) is 7.05 Å². The Hall–Kier alpha value is -0.350. The normalized spacial score (nSPS) is 12.7. The molecule has 2 rings (SSSR count). The van der Waals surface area contributed by atoms with Crippen LogP contribution >= 0.6 is 38.9 Å². The second kappa shape index (κ2) is 5.74. The molecule has 0 amide bonds. The summed E-state index contributed by atoms with van der Waals surface area (Å²) in [5.74, 6) is 0. The average Bonchev–Trinajstić information content (AvgIpc) is 2.65. The van der Waals surface area contributed by atoms with E-state index in [0.717, 1.165) is 5.02 Å². The van der Waals surface area contributed by atoms with Crippen LogP contribution in [0, 0.1) is 13.8 Å². The lowest BCUT2D eigenvalue weighted by atomic mass is 10.0. The van der Waals surface area contributed by atoms with E-state index in [1.54, 1.807) is 11.3 Å². The van der Waals surface area contributed by atoms with Crippen molar-refractivity contribution in [1.82, 2.24) is 5.32 Å². The molecule has 0 saturated heterocycles. The molecule has 1 N–H and O–H groups in total. The van der Waals surface area contributed by atoms with Crippen molar-refractivity contribution in [2.45, 2.75) is 19.9 Å². The molecule has 0 aliphatic heterocycles. The molecule has 0 radical (unpaired) electrons. The Morgan fingerprint density at radius 2 is 2.00 bits per heavy atom. The van der Waals surface area contributed by atoms with Gasteiger partial charge in [-0.25, -0.2) is 0 Å². The van der Waals surface area contributed by atoms with E-state index in [0.29, 0.717) is 0 Å². The number of benzene rings is 1. The van der Waals surface area contributed by atoms with Crippen LogP contribution in [0.25, 0.3) is 0 Å². The quantitative estimate of drug-likeness (QED) is 0.818. The highest BCUT2D eigenvalue weighted by Gasteiger charge is 2.17. The van der Waals surface area contributed by atoms with Crippen LogP contribution in [0.2, 0.25) is 5.02 Å². The first-order chi connectivity index (χ1) is 8.52. The lowest BCUT2D eigenvalue weighted by Gasteiger charge is -2.17. The molecule has 2 aromatic rings. The van der Waals surface area contributed by atoms with Gasteiger partial charge < -0.3 is 5.32 Å². The van der Waals surface area contributed by atoms with Gasteiger partial charge in [0.1, 0.15) is 0 Å². The third-order valence-electron chi connectivity index (χ3n) is 3.00. The van der Waals surface area contributed by atoms with Crippen LogP contribution in [0.15, 0.2) is 28.7 Å². The molecule has 0 fully saturated rings. The molecule has 0 saturated carbocycles. The Balaban J connectivity index is 2.48. The maximum atomic E-state index is 6.11. The highest BCUT2D eigenvalue weighted by Crippen LogP contribution is 2.35. The molecule has 1 aromatic carbocycles. The monoisotopic (exact) mass is 343 g/mol. The number of rotatable bonds is 3. The molecule has 1 atom stereocenters. The van der Waals surface area contributed by atoms with Crippen LogP contribution in [0.5, 0.6) is 0 Å². The minimum atomic E-state index is 0.193. The van der Waals surface area contributed by atoms with Gasteiger partial charge in [0.15, 0.2) is 0 Å². The largest absolute Gasteiger partial charge is 0.309 e. The van der Waals surface area contributed by atoms with Gasteiger partial charge >= 0.3 is 0 Å². The van der Waals surface area contributed by atoms with Crippen LogP contribution in [0.4, 0.5) is 0 Å². The Labute approximate surface area is 125 Å². The molecule has 0 spiro atoms. The summed E-state index contributed by atoms with van der Waals surface area (Å²) < 4.78 is 1.17. The zero-order valence-electron chi connectivity index (χ0n) is 10.6. The topological polar surface area (TPSA) is 12.0 Å². The van der Waals surface area contributed by atoms with Crippen molar-refractivity contribution in [2.24, 2.45) is 0 Å². The summed E-state index contributed by atoms with van der Waals surface area (Å²) in [7, 11) is 1.98. The fraction of sp³-hybridized carbons (Fsp3) is 0.286. The number of hydrogen-bond donors (Lipinski definition) is 1. The number of aryl methyl sites for hydroxylation is 2. The molecule has 1 heterocycles. The minimum Gasteiger partial charge on any atom is -0.309 e. The number of hydrogen-bond acceptors (Lipinski definition) is 2. The maximum absolute atomic E-state index is 6.11. The van der Waals surface area contributed by atoms with E-state index in [9.17, 15) is 0 Å². The number of thiophene rings is 1. The summed E-state index contributed by atoms with van der Waals surface area (Å²) in [6, 6.07) is 8.42. The van der Waals surface area contributed by atoms with Crippen LogP contribution in [0.1, 0.15) is 26.9 Å². The maximum Gasteiger partial charge on any atom is 0.0672 e. The molecule has 0 bridgehead atoms. The van der Waals surface area contributed by atoms with Crippen molar-refractivity contribution in [1.29, 1.82) is 0 Å². The van der Waals surface area contributed by atoms with E-state index >= 15 is 0 Å². The molecule has 96 valence electrons. The van der Waals surface area contributed by atoms with E-state index in [2.05, 4.69) is 47.2 Å². The molecule has 1 aromatic heterocycles. The minimum absolute atomic E-state index is 0.193. The van der Waals surface area contributed by atoms with E-state index in [-0.39, 0.29) is 6.04 Å². The summed E-state index contributed by atoms with van der Waals surface area (Å²) in [4.78, 5) is 2.59. The number of nitrogens with one attached hydrogen (secondary N) is 1. The molecule has 1 nitrogen and oxygen atoms in total. The van der Waals surface area contributed by atoms with Crippen molar-refractivity contribution in [3.63, 3.8) is 0 Å². The summed E-state index contributed by atoms with van der Waals surface area (Å²) >= 11 is 11.5. The Morgan fingerprint density at radius 3 is 2.56 bits per heavy atom. The van der Waals surface area contributed by atoms with Gasteiger partial charge in [0.05, 0.1) is 6.04 Å². The second-order valence-electron chi connectivity index (χ2n) is 4.28. The van der Waals surface area contributed by atoms with E-state index < -0.39 is 0 Å². The second-order valence-corrected chi connectivity index (χ2v) is 6.85. The lowest BCUT2D eigenvalue weighted by Crippen LogP contribution is -2.17. The average molecular weight is 345 g/mol. The first-order valence-electron chi connectivity index (χ1n) is 5.72. The Kier molecular flexibility index (Phi) is 4.49. The van der Waals surface area contributed by atoms with Gasteiger partial charge in [-0.3, -0.25) is 0 Å². The van der Waals surface area contributed by atoms with Crippen LogP contribution < -0.4 is 5.32 Å². The smallest absolute Gasteiger partial charge is 0.0672 e. The molecule has 18 heavy (non-hydrogen) atoms. The molecule has 4 heteroatoms. The highest BCUT2D eigenvalue weighted by atomic mass is 79.9. The van der Waals surface area contributed by atoms with Crippen molar-refractivity contribution in [3.8, 4) is 0 Å². The van der Waals surface area contributed by atoms with Gasteiger partial charge in [0.25, 0.3) is 0 Å². The predicted octanol–water partition coefficient (Wildman–Crippen LogP) is 5.09. The van der Waals surface area contributed by atoms with Gasteiger partial charge in [-0.1, -0.05) is 17.7 Å². The van der Waals surface area contributed by atoms with Gasteiger partial charge in [-0.2, -0.15) is 0 Å². The molecular formula is C14H15BrClNS. The molecule has 0 aliphatic rings. The van der Waals surface area contributed by atoms with Crippen LogP contribution in [0.3, 0.4) is 0 Å². The SMILES string of the molecule is CNC(c1cc(Br)c(C)s1)c1cc(Cl)ccc1C. The Morgan fingerprint density at radius 1 is 1.28 bits per heavy atom. The fourth-order valence-corrected chi connectivity index (χ4v) is 3.87. The summed E-state index contributed by atoms with van der Waals surface area (Å²) in [5, 5.41) is 4.15. The fourth-order valence-electron chi connectivity index (χ4n) is 2.00. The molecule has 0 aliphatic carbocycles. The first kappa shape index (κ1) is 14.1. The predicted molar refractivity (Wildman–Crippen MR) is 83.8 cm³/mol. The van der Waals surface area contributed by atoms with Gasteiger partial charge in [-0.15, -0.1) is 11.3 Å². The van der Waals surface area contributed by atoms with Crippen molar-refractivity contribution < 1.29 is 0 Å². The molecular weight excluding hydrogens is 330 g/mol. The van der Waals surface area contributed by atoms with Gasteiger partial charge in [0, 0.05) is 19.2 Å². The summed E-state index contributed by atoms with van der Waals surface area (Å²) in [6.07, 6.45) is 0. The molecule has 1 unspecified atom stereocenters. The zero-order valence-corrected chi connectivity index (χ0v) is 13.7. The third-order valence-corrected chi connectivity index (χ3v) is 5.44. The highest BCUT2D eigenvalue weighted by molar-refractivity contribution is 9.10. The van der Waals surface area contributed by atoms with E-state index in [4.69, 9.17) is 11.6 Å². The zero-order chi connectivity index (χ0) is 13.3. The van der Waals surface area contributed by atoms with Crippen LogP contribution in [-0.2, 0) is 0 Å². The van der Waals surface area contributed by atoms with Crippen LogP contribution in [-0.4, -0.2) is 7.05 Å². The number of halogens is 2. The standard InChI is InChI=1S/C14H15BrClNS/c1-8-4-5-10(16)6-11(8)14(17-3)13-7-12(15)9(2)18-13/h4-7,14,17H,1-3H3. The Bertz CT molecular complexity index is 545. The summed E-state index contributed by atoms with van der Waals surface area (Å²) in [6.45, 7) is 4.24. The summed E-state index contributed by atoms with van der Waals surface area (Å²) in [5.41, 5.74) is 2.49. The van der Waals surface area contributed by atoms with Crippen molar-refractivity contribution in [3.05, 3.63) is 54.6 Å². The van der Waals surface area contributed by atoms with E-state index in [1.165, 1.54) is 25.4 Å².